The Labute approximate surface area is 214 Å². The minimum atomic E-state index is -4.50. The van der Waals surface area contributed by atoms with Gasteiger partial charge in [-0.15, -0.1) is 0 Å². The lowest BCUT2D eigenvalue weighted by Crippen LogP contribution is -2.27. The van der Waals surface area contributed by atoms with Crippen LogP contribution in [0.2, 0.25) is 0 Å². The molecular weight excluding hydrogens is 574 g/mol. The second-order valence-electron chi connectivity index (χ2n) is 7.47. The lowest BCUT2D eigenvalue weighted by Gasteiger charge is -2.15. The molecule has 6 nitrogen and oxygen atoms in total. The zero-order valence-electron chi connectivity index (χ0n) is 18.8. The summed E-state index contributed by atoms with van der Waals surface area (Å²) in [7, 11) is 0. The van der Waals surface area contributed by atoms with Crippen molar-refractivity contribution in [2.75, 3.05) is 18.5 Å². The minimum absolute atomic E-state index is 0.0266. The summed E-state index contributed by atoms with van der Waals surface area (Å²) >= 11 is 2.19. The van der Waals surface area contributed by atoms with Crippen LogP contribution in [-0.2, 0) is 22.3 Å². The van der Waals surface area contributed by atoms with Crippen LogP contribution >= 0.6 is 22.6 Å². The molecule has 0 unspecified atom stereocenters. The number of benzene rings is 2. The summed E-state index contributed by atoms with van der Waals surface area (Å²) in [5.41, 5.74) is 1.60. The van der Waals surface area contributed by atoms with Gasteiger partial charge in [-0.2, -0.15) is 13.2 Å². The Balaban J connectivity index is 1.78. The topological polar surface area (TPSA) is 80.3 Å². The highest BCUT2D eigenvalue weighted by Crippen LogP contribution is 2.34. The molecule has 184 valence electrons. The Morgan fingerprint density at radius 1 is 1.06 bits per heavy atom. The number of halogens is 4. The number of nitrogens with one attached hydrogen (secondary N) is 2. The van der Waals surface area contributed by atoms with Gasteiger partial charge in [0.05, 0.1) is 18.6 Å². The summed E-state index contributed by atoms with van der Waals surface area (Å²) in [5, 5.41) is 5.79. The number of aromatic nitrogens is 1. The highest BCUT2D eigenvalue weighted by atomic mass is 127. The van der Waals surface area contributed by atoms with Gasteiger partial charge >= 0.3 is 12.1 Å². The van der Waals surface area contributed by atoms with Crippen LogP contribution in [0.4, 0.5) is 18.9 Å². The van der Waals surface area contributed by atoms with Crippen molar-refractivity contribution in [2.24, 2.45) is 0 Å². The molecule has 0 aliphatic rings. The fraction of sp³-hybridized carbons (Fsp3) is 0.240. The van der Waals surface area contributed by atoms with E-state index in [0.29, 0.717) is 23.2 Å². The standard InChI is InChI=1S/C25H23F3IN3O3/c1-2-35-23(33)11-12-30-24(34)22-10-4-17(15-32-22)21-13-18(25(26,27)28)5-3-16(21)14-31-20-8-6-19(29)7-9-20/h3-10,13,15,31H,2,11-12,14H2,1H3,(H,30,34). The first-order valence-electron chi connectivity index (χ1n) is 10.8. The van der Waals surface area contributed by atoms with E-state index in [1.54, 1.807) is 13.0 Å². The molecule has 1 aromatic heterocycles. The normalized spacial score (nSPS) is 11.1. The number of hydrogen-bond donors (Lipinski definition) is 2. The molecule has 0 radical (unpaired) electrons. The van der Waals surface area contributed by atoms with Gasteiger partial charge in [-0.25, -0.2) is 0 Å². The van der Waals surface area contributed by atoms with Gasteiger partial charge in [0.25, 0.3) is 5.91 Å². The highest BCUT2D eigenvalue weighted by molar-refractivity contribution is 14.1. The van der Waals surface area contributed by atoms with Gasteiger partial charge in [0.2, 0.25) is 0 Å². The molecule has 3 rings (SSSR count). The molecule has 0 atom stereocenters. The molecule has 2 aromatic carbocycles. The molecule has 0 saturated carbocycles. The Bertz CT molecular complexity index is 1170. The number of anilines is 1. The van der Waals surface area contributed by atoms with E-state index >= 15 is 0 Å². The molecule has 10 heteroatoms. The van der Waals surface area contributed by atoms with Crippen LogP contribution in [0.25, 0.3) is 11.1 Å². The van der Waals surface area contributed by atoms with Crippen LogP contribution in [0.3, 0.4) is 0 Å². The van der Waals surface area contributed by atoms with Crippen LogP contribution in [0.5, 0.6) is 0 Å². The van der Waals surface area contributed by atoms with Crippen molar-refractivity contribution >= 4 is 40.2 Å². The molecule has 35 heavy (non-hydrogen) atoms. The third-order valence-corrected chi connectivity index (χ3v) is 5.71. The Hall–Kier alpha value is -3.15. The van der Waals surface area contributed by atoms with Crippen molar-refractivity contribution in [3.05, 3.63) is 81.2 Å². The molecule has 0 aliphatic heterocycles. The summed E-state index contributed by atoms with van der Waals surface area (Å²) < 4.78 is 46.0. The zero-order valence-corrected chi connectivity index (χ0v) is 20.9. The SMILES string of the molecule is CCOC(=O)CCNC(=O)c1ccc(-c2cc(C(F)(F)F)ccc2CNc2ccc(I)cc2)cn1. The van der Waals surface area contributed by atoms with Gasteiger partial charge in [-0.1, -0.05) is 12.1 Å². The maximum atomic E-state index is 13.4. The maximum absolute atomic E-state index is 13.4. The van der Waals surface area contributed by atoms with Crippen LogP contribution in [-0.4, -0.2) is 30.0 Å². The predicted octanol–water partition coefficient (Wildman–Crippen LogP) is 5.67. The second-order valence-corrected chi connectivity index (χ2v) is 8.72. The minimum Gasteiger partial charge on any atom is -0.466 e. The van der Waals surface area contributed by atoms with E-state index < -0.39 is 23.6 Å². The number of alkyl halides is 3. The predicted molar refractivity (Wildman–Crippen MR) is 135 cm³/mol. The number of pyridine rings is 1. The van der Waals surface area contributed by atoms with Crippen LogP contribution in [0.15, 0.2) is 60.8 Å². The summed E-state index contributed by atoms with van der Waals surface area (Å²) in [6.45, 7) is 2.33. The molecule has 0 fully saturated rings. The first kappa shape index (κ1) is 26.5. The molecule has 1 amide bonds. The van der Waals surface area contributed by atoms with E-state index in [9.17, 15) is 22.8 Å². The van der Waals surface area contributed by atoms with Gasteiger partial charge in [-0.05, 0) is 83.1 Å². The first-order valence-corrected chi connectivity index (χ1v) is 11.8. The number of carbonyl (C=O) groups excluding carboxylic acids is 2. The molecule has 2 N–H and O–H groups in total. The van der Waals surface area contributed by atoms with Crippen molar-refractivity contribution < 1.29 is 27.5 Å². The molecule has 3 aromatic rings. The van der Waals surface area contributed by atoms with Crippen molar-refractivity contribution in [1.29, 1.82) is 0 Å². The average molecular weight is 597 g/mol. The van der Waals surface area contributed by atoms with E-state index in [4.69, 9.17) is 4.74 Å². The lowest BCUT2D eigenvalue weighted by molar-refractivity contribution is -0.143. The van der Waals surface area contributed by atoms with Gasteiger partial charge in [-0.3, -0.25) is 14.6 Å². The van der Waals surface area contributed by atoms with E-state index in [-0.39, 0.29) is 25.3 Å². The Kier molecular flexibility index (Phi) is 9.07. The van der Waals surface area contributed by atoms with E-state index in [2.05, 4.69) is 38.2 Å². The van der Waals surface area contributed by atoms with Crippen molar-refractivity contribution in [3.63, 3.8) is 0 Å². The first-order chi connectivity index (χ1) is 16.7. The summed E-state index contributed by atoms with van der Waals surface area (Å²) in [6.07, 6.45) is -3.11. The van der Waals surface area contributed by atoms with Gasteiger partial charge in [0, 0.05) is 34.1 Å². The third-order valence-electron chi connectivity index (χ3n) is 4.99. The van der Waals surface area contributed by atoms with Gasteiger partial charge in [0.15, 0.2) is 0 Å². The summed E-state index contributed by atoms with van der Waals surface area (Å²) in [6, 6.07) is 14.2. The third kappa shape index (κ3) is 7.67. The van der Waals surface area contributed by atoms with Crippen LogP contribution in [0, 0.1) is 3.57 Å². The van der Waals surface area contributed by atoms with E-state index in [0.717, 1.165) is 21.4 Å². The molecule has 0 bridgehead atoms. The molecule has 0 spiro atoms. The Morgan fingerprint density at radius 3 is 2.43 bits per heavy atom. The fourth-order valence-corrected chi connectivity index (χ4v) is 3.59. The molecular formula is C25H23F3IN3O3. The van der Waals surface area contributed by atoms with E-state index in [1.165, 1.54) is 18.3 Å². The smallest absolute Gasteiger partial charge is 0.416 e. The maximum Gasteiger partial charge on any atom is 0.416 e. The van der Waals surface area contributed by atoms with Crippen molar-refractivity contribution in [3.8, 4) is 11.1 Å². The second kappa shape index (κ2) is 12.0. The number of nitrogens with zero attached hydrogens (tertiary/aromatic N) is 1. The molecule has 0 saturated heterocycles. The van der Waals surface area contributed by atoms with Crippen molar-refractivity contribution in [2.45, 2.75) is 26.1 Å². The monoisotopic (exact) mass is 597 g/mol. The number of hydrogen-bond acceptors (Lipinski definition) is 5. The zero-order chi connectivity index (χ0) is 25.4. The van der Waals surface area contributed by atoms with E-state index in [1.807, 2.05) is 24.3 Å². The highest BCUT2D eigenvalue weighted by Gasteiger charge is 2.31. The van der Waals surface area contributed by atoms with Crippen LogP contribution < -0.4 is 10.6 Å². The van der Waals surface area contributed by atoms with Crippen LogP contribution in [0.1, 0.15) is 35.0 Å². The van der Waals surface area contributed by atoms with Gasteiger partial charge in [0.1, 0.15) is 5.69 Å². The fourth-order valence-electron chi connectivity index (χ4n) is 3.23. The average Bonchev–Trinajstić information content (AvgIpc) is 2.83. The number of amides is 1. The number of esters is 1. The van der Waals surface area contributed by atoms with Crippen molar-refractivity contribution in [1.82, 2.24) is 10.3 Å². The Morgan fingerprint density at radius 2 is 1.80 bits per heavy atom. The molecule has 1 heterocycles. The summed E-state index contributed by atoms with van der Waals surface area (Å²) in [5.74, 6) is -0.919. The number of ether oxygens (including phenoxy) is 1. The van der Waals surface area contributed by atoms with Gasteiger partial charge < -0.3 is 15.4 Å². The number of rotatable bonds is 9. The molecule has 0 aliphatic carbocycles. The summed E-state index contributed by atoms with van der Waals surface area (Å²) in [4.78, 5) is 27.8. The number of carbonyl (C=O) groups is 2. The quantitative estimate of drug-likeness (QED) is 0.246. The lowest BCUT2D eigenvalue weighted by atomic mass is 9.97. The largest absolute Gasteiger partial charge is 0.466 e.